The molecule has 6 nitrogen and oxygen atoms in total. The summed E-state index contributed by atoms with van der Waals surface area (Å²) in [5.41, 5.74) is -1.55. The van der Waals surface area contributed by atoms with Crippen LogP contribution in [0.1, 0.15) is 27.2 Å². The van der Waals surface area contributed by atoms with Gasteiger partial charge in [-0.15, -0.1) is 0 Å². The van der Waals surface area contributed by atoms with Gasteiger partial charge in [0.15, 0.2) is 26.5 Å². The molecule has 1 atom stereocenters. The Bertz CT molecular complexity index is 1400. The maximum atomic E-state index is 13.0. The van der Waals surface area contributed by atoms with Crippen molar-refractivity contribution >= 4 is 27.0 Å². The Morgan fingerprint density at radius 1 is 0.875 bits per heavy atom. The number of carbonyl (C=O) groups is 1. The summed E-state index contributed by atoms with van der Waals surface area (Å²) in [5, 5.41) is -5.81. The van der Waals surface area contributed by atoms with Crippen LogP contribution in [0, 0.1) is 5.41 Å². The van der Waals surface area contributed by atoms with Gasteiger partial charge in [-0.3, -0.25) is 4.79 Å². The molecule has 0 N–H and O–H groups in total. The van der Waals surface area contributed by atoms with Gasteiger partial charge >= 0.3 is 17.4 Å². The van der Waals surface area contributed by atoms with Crippen LogP contribution in [0.2, 0.25) is 0 Å². The number of ether oxygens (including phenoxy) is 2. The van der Waals surface area contributed by atoms with E-state index in [1.165, 1.54) is 21.6 Å². The number of carbonyl (C=O) groups excluding carboxylic acids is 1. The van der Waals surface area contributed by atoms with Crippen LogP contribution in [-0.2, 0) is 30.5 Å². The standard InChI is InChI=1S/C18H13OS.C9H13F5O5S/c1-2-8-14(9-3-1)20-17-12-6-4-10-15(17)19-16-11-5-7-13-18(16)20;1-4-7(2,3)6(15)19-5(8(10,11)12)9(13,14)20(16,17)18/h1-13H;5H,4H2,1-3H3,(H,16,17,18)/q+1;/p-1. The van der Waals surface area contributed by atoms with E-state index >= 15 is 0 Å². The fraction of sp³-hybridized carbons (Fsp3) is 0.296. The van der Waals surface area contributed by atoms with E-state index in [1.54, 1.807) is 0 Å². The van der Waals surface area contributed by atoms with Crippen LogP contribution in [0.25, 0.3) is 0 Å². The summed E-state index contributed by atoms with van der Waals surface area (Å²) >= 11 is 0. The second kappa shape index (κ2) is 11.8. The minimum absolute atomic E-state index is 0.0495. The molecule has 1 unspecified atom stereocenters. The number of fused-ring (bicyclic) bond motifs is 2. The van der Waals surface area contributed by atoms with Crippen molar-refractivity contribution in [3.05, 3.63) is 78.9 Å². The molecule has 0 radical (unpaired) electrons. The van der Waals surface area contributed by atoms with Crippen LogP contribution in [0.3, 0.4) is 0 Å². The van der Waals surface area contributed by atoms with E-state index in [-0.39, 0.29) is 17.3 Å². The zero-order chi connectivity index (χ0) is 29.9. The third kappa shape index (κ3) is 6.76. The summed E-state index contributed by atoms with van der Waals surface area (Å²) in [5.74, 6) is 0.252. The molecule has 13 heteroatoms. The van der Waals surface area contributed by atoms with Gasteiger partial charge in [0.1, 0.15) is 10.9 Å². The van der Waals surface area contributed by atoms with Gasteiger partial charge in [-0.1, -0.05) is 49.4 Å². The summed E-state index contributed by atoms with van der Waals surface area (Å²) in [6, 6.07) is 27.3. The molecule has 0 amide bonds. The number of hydrogen-bond acceptors (Lipinski definition) is 6. The van der Waals surface area contributed by atoms with E-state index in [0.717, 1.165) is 25.3 Å². The van der Waals surface area contributed by atoms with Crippen molar-refractivity contribution in [1.29, 1.82) is 0 Å². The van der Waals surface area contributed by atoms with Crippen LogP contribution in [0.4, 0.5) is 22.0 Å². The number of esters is 1. The Kier molecular flexibility index (Phi) is 9.22. The molecule has 4 rings (SSSR count). The molecule has 1 aliphatic rings. The second-order valence-corrected chi connectivity index (χ2v) is 12.6. The highest BCUT2D eigenvalue weighted by Crippen LogP contribution is 2.46. The van der Waals surface area contributed by atoms with Crippen molar-refractivity contribution in [2.24, 2.45) is 5.41 Å². The molecule has 0 fully saturated rings. The van der Waals surface area contributed by atoms with Gasteiger partial charge in [-0.05, 0) is 56.7 Å². The van der Waals surface area contributed by atoms with Crippen LogP contribution >= 0.6 is 0 Å². The Morgan fingerprint density at radius 2 is 1.32 bits per heavy atom. The highest BCUT2D eigenvalue weighted by Gasteiger charge is 2.63. The van der Waals surface area contributed by atoms with Crippen LogP contribution in [-0.4, -0.2) is 36.5 Å². The average Bonchev–Trinajstić information content (AvgIpc) is 2.89. The highest BCUT2D eigenvalue weighted by atomic mass is 32.2. The number of hydrogen-bond donors (Lipinski definition) is 0. The minimum atomic E-state index is -6.66. The summed E-state index contributed by atoms with van der Waals surface area (Å²) < 4.78 is 104. The summed E-state index contributed by atoms with van der Waals surface area (Å²) in [4.78, 5) is 15.2. The maximum absolute atomic E-state index is 13.0. The van der Waals surface area contributed by atoms with Crippen molar-refractivity contribution in [2.45, 2.75) is 59.4 Å². The van der Waals surface area contributed by atoms with E-state index in [2.05, 4.69) is 59.3 Å². The number of rotatable bonds is 6. The zero-order valence-corrected chi connectivity index (χ0v) is 23.1. The SMILES string of the molecule is CCC(C)(C)C(=O)OC(C(F)(F)F)C(F)(F)S(=O)(=O)[O-].c1ccc([S+]2c3ccccc3Oc3ccccc32)cc1. The molecule has 216 valence electrons. The first kappa shape index (κ1) is 31.4. The Hall–Kier alpha value is -3.16. The first-order valence-corrected chi connectivity index (χ1v) is 14.4. The molecule has 3 aromatic rings. The van der Waals surface area contributed by atoms with Crippen molar-refractivity contribution in [2.75, 3.05) is 0 Å². The Labute approximate surface area is 231 Å². The molecule has 0 saturated carbocycles. The normalized spacial score (nSPS) is 14.5. The smallest absolute Gasteiger partial charge is 0.432 e. The van der Waals surface area contributed by atoms with E-state index in [1.807, 2.05) is 24.3 Å². The minimum Gasteiger partial charge on any atom is -0.743 e. The molecule has 0 aromatic heterocycles. The van der Waals surface area contributed by atoms with Gasteiger partial charge in [0.25, 0.3) is 6.10 Å². The number of halogens is 5. The monoisotopic (exact) mass is 604 g/mol. The van der Waals surface area contributed by atoms with E-state index in [0.29, 0.717) is 0 Å². The summed E-state index contributed by atoms with van der Waals surface area (Å²) in [6.45, 7) is 3.62. The summed E-state index contributed by atoms with van der Waals surface area (Å²) in [7, 11) is -6.75. The first-order valence-electron chi connectivity index (χ1n) is 11.8. The van der Waals surface area contributed by atoms with Gasteiger partial charge in [-0.25, -0.2) is 8.42 Å². The largest absolute Gasteiger partial charge is 0.743 e. The van der Waals surface area contributed by atoms with Crippen molar-refractivity contribution < 1.29 is 49.2 Å². The molecule has 0 aliphatic carbocycles. The van der Waals surface area contributed by atoms with Gasteiger partial charge in [0.2, 0.25) is 9.79 Å². The molecule has 0 saturated heterocycles. The number of para-hydroxylation sites is 2. The summed E-state index contributed by atoms with van der Waals surface area (Å²) in [6.07, 6.45) is -10.3. The van der Waals surface area contributed by atoms with E-state index in [9.17, 15) is 39.7 Å². The zero-order valence-electron chi connectivity index (χ0n) is 21.4. The maximum Gasteiger partial charge on any atom is 0.432 e. The molecular formula is C27H25F5O6S2. The molecule has 3 aromatic carbocycles. The quantitative estimate of drug-likeness (QED) is 0.103. The van der Waals surface area contributed by atoms with Gasteiger partial charge in [0, 0.05) is 0 Å². The molecule has 0 bridgehead atoms. The third-order valence-electron chi connectivity index (χ3n) is 5.93. The lowest BCUT2D eigenvalue weighted by molar-refractivity contribution is -0.262. The van der Waals surface area contributed by atoms with Crippen molar-refractivity contribution in [3.63, 3.8) is 0 Å². The number of benzene rings is 3. The molecule has 40 heavy (non-hydrogen) atoms. The lowest BCUT2D eigenvalue weighted by Gasteiger charge is -2.32. The Morgan fingerprint density at radius 3 is 1.75 bits per heavy atom. The fourth-order valence-electron chi connectivity index (χ4n) is 3.32. The van der Waals surface area contributed by atoms with Crippen molar-refractivity contribution in [1.82, 2.24) is 0 Å². The molecule has 1 heterocycles. The number of alkyl halides is 5. The molecule has 0 spiro atoms. The highest BCUT2D eigenvalue weighted by molar-refractivity contribution is 7.97. The van der Waals surface area contributed by atoms with Gasteiger partial charge < -0.3 is 14.0 Å². The van der Waals surface area contributed by atoms with Crippen LogP contribution in [0.15, 0.2) is 93.5 Å². The lowest BCUT2D eigenvalue weighted by Crippen LogP contribution is -2.53. The second-order valence-electron chi connectivity index (χ2n) is 9.20. The topological polar surface area (TPSA) is 92.7 Å². The van der Waals surface area contributed by atoms with Crippen molar-refractivity contribution in [3.8, 4) is 11.5 Å². The lowest BCUT2D eigenvalue weighted by atomic mass is 9.90. The fourth-order valence-corrected chi connectivity index (χ4v) is 5.99. The predicted molar refractivity (Wildman–Crippen MR) is 136 cm³/mol. The van der Waals surface area contributed by atoms with Gasteiger partial charge in [0.05, 0.1) is 5.41 Å². The van der Waals surface area contributed by atoms with E-state index < -0.39 is 39.0 Å². The molecule has 1 aliphatic heterocycles. The average molecular weight is 605 g/mol. The van der Waals surface area contributed by atoms with Crippen LogP contribution < -0.4 is 4.74 Å². The Balaban J connectivity index is 0.000000220. The third-order valence-corrected chi connectivity index (χ3v) is 9.11. The first-order chi connectivity index (χ1) is 18.5. The van der Waals surface area contributed by atoms with Gasteiger partial charge in [-0.2, -0.15) is 22.0 Å². The predicted octanol–water partition coefficient (Wildman–Crippen LogP) is 6.92. The van der Waals surface area contributed by atoms with Crippen LogP contribution in [0.5, 0.6) is 11.5 Å². The molecular weight excluding hydrogens is 579 g/mol. The van der Waals surface area contributed by atoms with E-state index in [4.69, 9.17) is 4.74 Å².